The molecule has 0 aliphatic carbocycles. The molecule has 1 N–H and O–H groups in total. The van der Waals surface area contributed by atoms with Gasteiger partial charge in [0.05, 0.1) is 12.7 Å². The van der Waals surface area contributed by atoms with E-state index < -0.39 is 35.6 Å². The predicted octanol–water partition coefficient (Wildman–Crippen LogP) is 3.54. The first-order valence-corrected chi connectivity index (χ1v) is 10.1. The molecule has 0 bridgehead atoms. The number of methoxy groups -OCH3 is 1. The van der Waals surface area contributed by atoms with Crippen molar-refractivity contribution in [3.05, 3.63) is 59.2 Å². The number of likely N-dealkylation sites (N-methyl/N-ethyl adjacent to an activating group) is 1. The van der Waals surface area contributed by atoms with E-state index in [0.717, 1.165) is 6.07 Å². The summed E-state index contributed by atoms with van der Waals surface area (Å²) in [6.07, 6.45) is -6.00. The minimum absolute atomic E-state index is 0.0000712. The number of carbonyl (C=O) groups is 2. The number of amides is 1. The highest BCUT2D eigenvalue weighted by Gasteiger charge is 2.43. The highest BCUT2D eigenvalue weighted by atomic mass is 19.4. The molecular formula is C23H25F3N2O4. The van der Waals surface area contributed by atoms with Gasteiger partial charge in [0.25, 0.3) is 5.91 Å². The molecule has 1 heterocycles. The number of alkyl halides is 3. The Hall–Kier alpha value is -3.07. The molecule has 0 saturated heterocycles. The first-order valence-electron chi connectivity index (χ1n) is 10.1. The number of nitrogens with zero attached hydrogens (tertiary/aromatic N) is 1. The van der Waals surface area contributed by atoms with E-state index in [0.29, 0.717) is 17.9 Å². The van der Waals surface area contributed by atoms with Gasteiger partial charge in [0.15, 0.2) is 6.10 Å². The maximum absolute atomic E-state index is 13.9. The highest BCUT2D eigenvalue weighted by Crippen LogP contribution is 2.42. The molecule has 172 valence electrons. The molecule has 1 unspecified atom stereocenters. The Bertz CT molecular complexity index is 976. The fourth-order valence-corrected chi connectivity index (χ4v) is 3.99. The van der Waals surface area contributed by atoms with Crippen LogP contribution in [0, 0.1) is 0 Å². The van der Waals surface area contributed by atoms with Crippen LogP contribution in [-0.2, 0) is 26.9 Å². The van der Waals surface area contributed by atoms with Crippen LogP contribution in [-0.4, -0.2) is 45.2 Å². The molecule has 2 aromatic carbocycles. The van der Waals surface area contributed by atoms with Crippen molar-refractivity contribution in [2.75, 3.05) is 32.1 Å². The fourth-order valence-electron chi connectivity index (χ4n) is 3.99. The SMILES string of the molecule is CNCCN1C(=O)[C@H](OC(C)=O)C(c2ccc(OC)cc2)Cc2c1cccc2C(F)(F)F. The van der Waals surface area contributed by atoms with Crippen molar-refractivity contribution >= 4 is 17.6 Å². The number of ether oxygens (including phenoxy) is 2. The summed E-state index contributed by atoms with van der Waals surface area (Å²) in [4.78, 5) is 26.7. The molecule has 1 aliphatic heterocycles. The Balaban J connectivity index is 2.21. The van der Waals surface area contributed by atoms with Gasteiger partial charge >= 0.3 is 12.1 Å². The molecule has 32 heavy (non-hydrogen) atoms. The molecule has 2 atom stereocenters. The number of carbonyl (C=O) groups excluding carboxylic acids is 2. The summed E-state index contributed by atoms with van der Waals surface area (Å²) < 4.78 is 52.3. The Morgan fingerprint density at radius 1 is 1.19 bits per heavy atom. The average molecular weight is 450 g/mol. The quantitative estimate of drug-likeness (QED) is 0.682. The van der Waals surface area contributed by atoms with E-state index in [1.807, 2.05) is 0 Å². The minimum atomic E-state index is -4.60. The average Bonchev–Trinajstić information content (AvgIpc) is 2.86. The van der Waals surface area contributed by atoms with Crippen LogP contribution >= 0.6 is 0 Å². The van der Waals surface area contributed by atoms with Crippen LogP contribution in [0.3, 0.4) is 0 Å². The summed E-state index contributed by atoms with van der Waals surface area (Å²) in [5.74, 6) is -1.49. The molecule has 6 nitrogen and oxygen atoms in total. The van der Waals surface area contributed by atoms with Gasteiger partial charge in [0.2, 0.25) is 0 Å². The number of nitrogens with one attached hydrogen (secondary N) is 1. The zero-order valence-electron chi connectivity index (χ0n) is 18.0. The number of esters is 1. The van der Waals surface area contributed by atoms with Crippen LogP contribution in [0.2, 0.25) is 0 Å². The lowest BCUT2D eigenvalue weighted by Crippen LogP contribution is -2.45. The van der Waals surface area contributed by atoms with E-state index in [4.69, 9.17) is 9.47 Å². The van der Waals surface area contributed by atoms with E-state index in [2.05, 4.69) is 5.32 Å². The monoisotopic (exact) mass is 450 g/mol. The lowest BCUT2D eigenvalue weighted by molar-refractivity contribution is -0.154. The molecule has 0 saturated carbocycles. The van der Waals surface area contributed by atoms with Crippen molar-refractivity contribution in [2.24, 2.45) is 0 Å². The summed E-state index contributed by atoms with van der Waals surface area (Å²) >= 11 is 0. The van der Waals surface area contributed by atoms with Crippen molar-refractivity contribution in [3.8, 4) is 5.75 Å². The topological polar surface area (TPSA) is 67.9 Å². The lowest BCUT2D eigenvalue weighted by atomic mass is 9.86. The van der Waals surface area contributed by atoms with Gasteiger partial charge in [-0.25, -0.2) is 0 Å². The molecule has 0 aromatic heterocycles. The third-order valence-corrected chi connectivity index (χ3v) is 5.47. The highest BCUT2D eigenvalue weighted by molar-refractivity contribution is 6.00. The second kappa shape index (κ2) is 9.60. The van der Waals surface area contributed by atoms with Crippen molar-refractivity contribution in [2.45, 2.75) is 31.5 Å². The Morgan fingerprint density at radius 2 is 1.88 bits per heavy atom. The van der Waals surface area contributed by atoms with Crippen LogP contribution in [0.5, 0.6) is 5.75 Å². The van der Waals surface area contributed by atoms with Gasteiger partial charge in [-0.15, -0.1) is 0 Å². The number of anilines is 1. The molecule has 0 radical (unpaired) electrons. The Morgan fingerprint density at radius 3 is 2.44 bits per heavy atom. The standard InChI is InChI=1S/C23H25F3N2O4/c1-14(29)32-21-17(15-7-9-16(31-3)10-8-15)13-18-19(23(24,25)26)5-4-6-20(18)28(22(21)30)12-11-27-2/h4-10,17,21,27H,11-13H2,1-3H3/t17?,21-/m1/s1. The molecule has 3 rings (SSSR count). The third-order valence-electron chi connectivity index (χ3n) is 5.47. The number of fused-ring (bicyclic) bond motifs is 1. The fraction of sp³-hybridized carbons (Fsp3) is 0.391. The van der Waals surface area contributed by atoms with Crippen LogP contribution in [0.1, 0.15) is 29.5 Å². The maximum Gasteiger partial charge on any atom is 0.416 e. The molecule has 1 amide bonds. The largest absolute Gasteiger partial charge is 0.497 e. The van der Waals surface area contributed by atoms with Crippen molar-refractivity contribution in [3.63, 3.8) is 0 Å². The van der Waals surface area contributed by atoms with Crippen molar-refractivity contribution in [1.29, 1.82) is 0 Å². The van der Waals surface area contributed by atoms with E-state index in [1.54, 1.807) is 31.3 Å². The van der Waals surface area contributed by atoms with E-state index >= 15 is 0 Å². The summed E-state index contributed by atoms with van der Waals surface area (Å²) in [6, 6.07) is 10.5. The van der Waals surface area contributed by atoms with E-state index in [9.17, 15) is 22.8 Å². The second-order valence-electron chi connectivity index (χ2n) is 7.51. The number of benzene rings is 2. The van der Waals surface area contributed by atoms with Gasteiger partial charge in [0.1, 0.15) is 5.75 Å². The van der Waals surface area contributed by atoms with Crippen molar-refractivity contribution in [1.82, 2.24) is 5.32 Å². The molecule has 0 fully saturated rings. The van der Waals surface area contributed by atoms with Gasteiger partial charge in [-0.05, 0) is 48.9 Å². The lowest BCUT2D eigenvalue weighted by Gasteiger charge is -2.28. The van der Waals surface area contributed by atoms with Crippen LogP contribution in [0.15, 0.2) is 42.5 Å². The van der Waals surface area contributed by atoms with Gasteiger partial charge in [-0.1, -0.05) is 18.2 Å². The summed E-state index contributed by atoms with van der Waals surface area (Å²) in [5, 5.41) is 2.91. The van der Waals surface area contributed by atoms with Crippen LogP contribution < -0.4 is 15.0 Å². The molecule has 2 aromatic rings. The Kier molecular flexibility index (Phi) is 7.08. The molecule has 0 spiro atoms. The first-order chi connectivity index (χ1) is 15.2. The number of hydrogen-bond acceptors (Lipinski definition) is 5. The normalized spacial score (nSPS) is 18.7. The number of halogens is 3. The van der Waals surface area contributed by atoms with Crippen LogP contribution in [0.25, 0.3) is 0 Å². The summed E-state index contributed by atoms with van der Waals surface area (Å²) in [7, 11) is 3.18. The smallest absolute Gasteiger partial charge is 0.416 e. The van der Waals surface area contributed by atoms with Gasteiger partial charge in [-0.2, -0.15) is 13.2 Å². The van der Waals surface area contributed by atoms with Gasteiger partial charge < -0.3 is 19.7 Å². The van der Waals surface area contributed by atoms with E-state index in [1.165, 1.54) is 31.1 Å². The summed E-state index contributed by atoms with van der Waals surface area (Å²) in [5.41, 5.74) is -0.0591. The predicted molar refractivity (Wildman–Crippen MR) is 113 cm³/mol. The van der Waals surface area contributed by atoms with E-state index in [-0.39, 0.29) is 24.2 Å². The summed E-state index contributed by atoms with van der Waals surface area (Å²) in [6.45, 7) is 1.65. The van der Waals surface area contributed by atoms with Crippen molar-refractivity contribution < 1.29 is 32.2 Å². The zero-order valence-corrected chi connectivity index (χ0v) is 18.0. The minimum Gasteiger partial charge on any atom is -0.497 e. The molecular weight excluding hydrogens is 425 g/mol. The second-order valence-corrected chi connectivity index (χ2v) is 7.51. The molecule has 1 aliphatic rings. The number of rotatable bonds is 6. The molecule has 9 heteroatoms. The maximum atomic E-state index is 13.9. The zero-order chi connectivity index (χ0) is 23.5. The number of hydrogen-bond donors (Lipinski definition) is 1. The third kappa shape index (κ3) is 4.88. The van der Waals surface area contributed by atoms with Crippen LogP contribution in [0.4, 0.5) is 18.9 Å². The van der Waals surface area contributed by atoms with Gasteiger partial charge in [-0.3, -0.25) is 9.59 Å². The Labute approximate surface area is 184 Å². The first kappa shape index (κ1) is 23.6. The van der Waals surface area contributed by atoms with Gasteiger partial charge in [0, 0.05) is 31.6 Å².